The lowest BCUT2D eigenvalue weighted by atomic mass is 9.99. The molecule has 0 bridgehead atoms. The molecule has 3 heterocycles. The van der Waals surface area contributed by atoms with Crippen molar-refractivity contribution in [3.05, 3.63) is 48.3 Å². The van der Waals surface area contributed by atoms with Gasteiger partial charge >= 0.3 is 0 Å². The molecule has 0 spiro atoms. The third-order valence-corrected chi connectivity index (χ3v) is 6.12. The fourth-order valence-electron chi connectivity index (χ4n) is 4.02. The van der Waals surface area contributed by atoms with Gasteiger partial charge in [0.2, 0.25) is 0 Å². The number of benzene rings is 1. The average molecular weight is 394 g/mol. The first kappa shape index (κ1) is 19.7. The Bertz CT molecular complexity index is 821. The zero-order valence-corrected chi connectivity index (χ0v) is 17.5. The van der Waals surface area contributed by atoms with E-state index >= 15 is 0 Å². The minimum Gasteiger partial charge on any atom is -0.371 e. The monoisotopic (exact) mass is 393 g/mol. The Balaban J connectivity index is 1.38. The molecule has 2 saturated heterocycles. The summed E-state index contributed by atoms with van der Waals surface area (Å²) in [6, 6.07) is 12.0. The van der Waals surface area contributed by atoms with Gasteiger partial charge in [-0.05, 0) is 62.2 Å². The summed E-state index contributed by atoms with van der Waals surface area (Å²) < 4.78 is 0. The molecular weight excluding hydrogens is 362 g/mol. The fourth-order valence-corrected chi connectivity index (χ4v) is 4.02. The molecule has 0 unspecified atom stereocenters. The molecule has 2 aliphatic rings. The molecule has 2 aromatic rings. The van der Waals surface area contributed by atoms with Crippen LogP contribution in [0.2, 0.25) is 0 Å². The van der Waals surface area contributed by atoms with E-state index in [0.717, 1.165) is 56.6 Å². The summed E-state index contributed by atoms with van der Waals surface area (Å²) in [7, 11) is 2.16. The van der Waals surface area contributed by atoms with Crippen LogP contribution in [0.25, 0.3) is 0 Å². The zero-order chi connectivity index (χ0) is 20.2. The second-order valence-electron chi connectivity index (χ2n) is 8.36. The molecule has 154 valence electrons. The van der Waals surface area contributed by atoms with Gasteiger partial charge < -0.3 is 20.0 Å². The molecule has 1 N–H and O–H groups in total. The van der Waals surface area contributed by atoms with Crippen LogP contribution < -0.4 is 15.1 Å². The summed E-state index contributed by atoms with van der Waals surface area (Å²) in [4.78, 5) is 24.1. The van der Waals surface area contributed by atoms with Gasteiger partial charge in [0.1, 0.15) is 5.69 Å². The number of carbonyl (C=O) groups excluding carboxylic acids is 1. The van der Waals surface area contributed by atoms with Gasteiger partial charge in [0.05, 0.1) is 0 Å². The summed E-state index contributed by atoms with van der Waals surface area (Å²) in [5, 5.41) is 2.99. The van der Waals surface area contributed by atoms with Gasteiger partial charge in [-0.15, -0.1) is 0 Å². The van der Waals surface area contributed by atoms with Crippen LogP contribution in [0.1, 0.15) is 30.3 Å². The number of carbonyl (C=O) groups is 1. The number of nitrogens with one attached hydrogen (secondary N) is 1. The van der Waals surface area contributed by atoms with Crippen molar-refractivity contribution in [2.24, 2.45) is 5.92 Å². The van der Waals surface area contributed by atoms with Crippen molar-refractivity contribution in [1.82, 2.24) is 9.88 Å². The van der Waals surface area contributed by atoms with Crippen molar-refractivity contribution in [3.8, 4) is 0 Å². The maximum Gasteiger partial charge on any atom is 0.274 e. The van der Waals surface area contributed by atoms with Crippen LogP contribution in [0.4, 0.5) is 17.1 Å². The molecule has 0 atom stereocenters. The third-order valence-electron chi connectivity index (χ3n) is 6.12. The van der Waals surface area contributed by atoms with Gasteiger partial charge in [0.25, 0.3) is 5.91 Å². The fraction of sp³-hybridized carbons (Fsp3) is 0.478. The number of pyridine rings is 1. The molecule has 0 saturated carbocycles. The SMILES string of the molecule is CC1CCN(c2ccnc(C(=O)Nc3ccc(N4CCN(C)CC4)cc3)c2)CC1. The minimum absolute atomic E-state index is 0.162. The van der Waals surface area contributed by atoms with E-state index in [1.165, 1.54) is 18.5 Å². The Morgan fingerprint density at radius 1 is 0.931 bits per heavy atom. The number of nitrogens with zero attached hydrogens (tertiary/aromatic N) is 4. The van der Waals surface area contributed by atoms with E-state index < -0.39 is 0 Å². The van der Waals surface area contributed by atoms with Gasteiger partial charge in [-0.25, -0.2) is 0 Å². The Morgan fingerprint density at radius 2 is 1.59 bits per heavy atom. The lowest BCUT2D eigenvalue weighted by molar-refractivity contribution is 0.102. The van der Waals surface area contributed by atoms with Crippen molar-refractivity contribution in [1.29, 1.82) is 0 Å². The lowest BCUT2D eigenvalue weighted by Gasteiger charge is -2.34. The molecular formula is C23H31N5O. The zero-order valence-electron chi connectivity index (χ0n) is 17.5. The number of hydrogen-bond acceptors (Lipinski definition) is 5. The topological polar surface area (TPSA) is 51.7 Å². The Kier molecular flexibility index (Phi) is 6.00. The van der Waals surface area contributed by atoms with Crippen LogP contribution in [-0.4, -0.2) is 62.1 Å². The summed E-state index contributed by atoms with van der Waals surface area (Å²) in [6.45, 7) is 8.62. The Labute approximate surface area is 173 Å². The predicted molar refractivity (Wildman–Crippen MR) is 119 cm³/mol. The normalized spacial score (nSPS) is 18.7. The molecule has 1 aromatic carbocycles. The molecule has 29 heavy (non-hydrogen) atoms. The molecule has 0 aliphatic carbocycles. The number of piperidine rings is 1. The van der Waals surface area contributed by atoms with Crippen molar-refractivity contribution < 1.29 is 4.79 Å². The van der Waals surface area contributed by atoms with Crippen LogP contribution in [-0.2, 0) is 0 Å². The van der Waals surface area contributed by atoms with Gasteiger partial charge in [0.15, 0.2) is 0 Å². The smallest absolute Gasteiger partial charge is 0.274 e. The van der Waals surface area contributed by atoms with Gasteiger partial charge in [-0.1, -0.05) is 6.92 Å². The molecule has 1 amide bonds. The highest BCUT2D eigenvalue weighted by Crippen LogP contribution is 2.24. The number of likely N-dealkylation sites (N-methyl/N-ethyl adjacent to an activating group) is 1. The quantitative estimate of drug-likeness (QED) is 0.864. The number of anilines is 3. The van der Waals surface area contributed by atoms with Crippen LogP contribution in [0.3, 0.4) is 0 Å². The molecule has 6 nitrogen and oxygen atoms in total. The van der Waals surface area contributed by atoms with E-state index in [-0.39, 0.29) is 5.91 Å². The van der Waals surface area contributed by atoms with Gasteiger partial charge in [0, 0.05) is 62.5 Å². The molecule has 1 aromatic heterocycles. The summed E-state index contributed by atoms with van der Waals surface area (Å²) in [5.74, 6) is 0.620. The molecule has 6 heteroatoms. The first-order valence-corrected chi connectivity index (χ1v) is 10.6. The second-order valence-corrected chi connectivity index (χ2v) is 8.36. The largest absolute Gasteiger partial charge is 0.371 e. The van der Waals surface area contributed by atoms with Crippen molar-refractivity contribution in [3.63, 3.8) is 0 Å². The van der Waals surface area contributed by atoms with E-state index in [1.807, 2.05) is 24.3 Å². The summed E-state index contributed by atoms with van der Waals surface area (Å²) in [6.07, 6.45) is 4.13. The standard InChI is InChI=1S/C23H31N5O/c1-18-8-11-27(12-9-18)21-7-10-24-22(17-21)23(29)25-19-3-5-20(6-4-19)28-15-13-26(2)14-16-28/h3-7,10,17-18H,8-9,11-16H2,1-2H3,(H,25,29). The first-order valence-electron chi connectivity index (χ1n) is 10.6. The van der Waals surface area contributed by atoms with Crippen molar-refractivity contribution >= 4 is 23.0 Å². The maximum absolute atomic E-state index is 12.7. The summed E-state index contributed by atoms with van der Waals surface area (Å²) >= 11 is 0. The molecule has 2 aliphatic heterocycles. The van der Waals surface area contributed by atoms with Crippen molar-refractivity contribution in [2.45, 2.75) is 19.8 Å². The van der Waals surface area contributed by atoms with Gasteiger partial charge in [-0.3, -0.25) is 9.78 Å². The first-order chi connectivity index (χ1) is 14.1. The third kappa shape index (κ3) is 4.88. The van der Waals surface area contributed by atoms with Crippen LogP contribution in [0.15, 0.2) is 42.6 Å². The van der Waals surface area contributed by atoms with Gasteiger partial charge in [-0.2, -0.15) is 0 Å². The number of rotatable bonds is 4. The average Bonchev–Trinajstić information content (AvgIpc) is 2.75. The second kappa shape index (κ2) is 8.82. The molecule has 4 rings (SSSR count). The predicted octanol–water partition coefficient (Wildman–Crippen LogP) is 3.32. The van der Waals surface area contributed by atoms with E-state index in [1.54, 1.807) is 6.20 Å². The highest BCUT2D eigenvalue weighted by Gasteiger charge is 2.18. The number of aromatic nitrogens is 1. The van der Waals surface area contributed by atoms with E-state index in [2.05, 4.69) is 51.1 Å². The maximum atomic E-state index is 12.7. The Hall–Kier alpha value is -2.60. The minimum atomic E-state index is -0.162. The van der Waals surface area contributed by atoms with E-state index in [4.69, 9.17) is 0 Å². The number of piperazine rings is 1. The van der Waals surface area contributed by atoms with Crippen LogP contribution in [0, 0.1) is 5.92 Å². The summed E-state index contributed by atoms with van der Waals surface area (Å²) in [5.41, 5.74) is 3.55. The highest BCUT2D eigenvalue weighted by molar-refractivity contribution is 6.03. The highest BCUT2D eigenvalue weighted by atomic mass is 16.1. The van der Waals surface area contributed by atoms with E-state index in [9.17, 15) is 4.79 Å². The molecule has 0 radical (unpaired) electrons. The number of hydrogen-bond donors (Lipinski definition) is 1. The van der Waals surface area contributed by atoms with E-state index in [0.29, 0.717) is 5.69 Å². The van der Waals surface area contributed by atoms with Crippen LogP contribution in [0.5, 0.6) is 0 Å². The molecule has 2 fully saturated rings. The van der Waals surface area contributed by atoms with Crippen molar-refractivity contribution in [2.75, 3.05) is 61.4 Å². The Morgan fingerprint density at radius 3 is 2.28 bits per heavy atom. The lowest BCUT2D eigenvalue weighted by Crippen LogP contribution is -2.44. The number of amides is 1. The van der Waals surface area contributed by atoms with Crippen LogP contribution >= 0.6 is 0 Å².